The number of urea groups is 1. The van der Waals surface area contributed by atoms with E-state index in [2.05, 4.69) is 16.8 Å². The van der Waals surface area contributed by atoms with Crippen molar-refractivity contribution in [2.75, 3.05) is 19.6 Å². The van der Waals surface area contributed by atoms with Crippen LogP contribution in [0, 0.1) is 0 Å². The molecule has 4 amide bonds. The topological polar surface area (TPSA) is 94.6 Å². The predicted octanol–water partition coefficient (Wildman–Crippen LogP) is 2.97. The molecular weight excluding hydrogens is 438 g/mol. The lowest BCUT2D eigenvalue weighted by atomic mass is 9.92. The van der Waals surface area contributed by atoms with Crippen molar-refractivity contribution < 1.29 is 14.4 Å². The number of thiazole rings is 1. The number of para-hydroxylation sites is 1. The van der Waals surface area contributed by atoms with Gasteiger partial charge in [-0.15, -0.1) is 11.3 Å². The first-order chi connectivity index (χ1) is 15.9. The average Bonchev–Trinajstić information content (AvgIpc) is 3.35. The number of benzene rings is 2. The fraction of sp³-hybridized carbons (Fsp3) is 0.333. The largest absolute Gasteiger partial charge is 0.344 e. The molecule has 1 aromatic heterocycles. The number of nitrogens with zero attached hydrogens (tertiary/aromatic N) is 3. The molecule has 0 saturated carbocycles. The monoisotopic (exact) mass is 463 g/mol. The van der Waals surface area contributed by atoms with Gasteiger partial charge in [0.05, 0.1) is 21.8 Å². The molecule has 2 N–H and O–H groups in total. The van der Waals surface area contributed by atoms with E-state index in [1.807, 2.05) is 29.2 Å². The van der Waals surface area contributed by atoms with Gasteiger partial charge in [-0.2, -0.15) is 5.01 Å². The van der Waals surface area contributed by atoms with Gasteiger partial charge in [-0.25, -0.2) is 9.78 Å². The van der Waals surface area contributed by atoms with Gasteiger partial charge in [-0.1, -0.05) is 42.5 Å². The Kier molecular flexibility index (Phi) is 5.59. The molecule has 3 heterocycles. The summed E-state index contributed by atoms with van der Waals surface area (Å²) in [4.78, 5) is 44.8. The van der Waals surface area contributed by atoms with Crippen molar-refractivity contribution in [1.82, 2.24) is 25.6 Å². The Morgan fingerprint density at radius 1 is 1.12 bits per heavy atom. The Morgan fingerprint density at radius 2 is 1.82 bits per heavy atom. The van der Waals surface area contributed by atoms with Crippen molar-refractivity contribution in [2.45, 2.75) is 31.2 Å². The molecule has 2 aliphatic heterocycles. The highest BCUT2D eigenvalue weighted by Crippen LogP contribution is 2.33. The van der Waals surface area contributed by atoms with Crippen LogP contribution in [0.15, 0.2) is 54.6 Å². The number of rotatable bonds is 5. The number of aromatic nitrogens is 1. The summed E-state index contributed by atoms with van der Waals surface area (Å²) in [5, 5.41) is 4.64. The Labute approximate surface area is 195 Å². The van der Waals surface area contributed by atoms with E-state index in [4.69, 9.17) is 4.98 Å². The number of imide groups is 1. The molecule has 0 bridgehead atoms. The Hall–Kier alpha value is -3.30. The van der Waals surface area contributed by atoms with E-state index in [0.717, 1.165) is 41.5 Å². The Morgan fingerprint density at radius 3 is 2.55 bits per heavy atom. The van der Waals surface area contributed by atoms with Crippen molar-refractivity contribution in [1.29, 1.82) is 0 Å². The van der Waals surface area contributed by atoms with Crippen LogP contribution in [0.5, 0.6) is 0 Å². The molecule has 2 aromatic carbocycles. The predicted molar refractivity (Wildman–Crippen MR) is 125 cm³/mol. The lowest BCUT2D eigenvalue weighted by Gasteiger charge is -2.30. The van der Waals surface area contributed by atoms with Gasteiger partial charge >= 0.3 is 6.03 Å². The third-order valence-electron chi connectivity index (χ3n) is 6.39. The lowest BCUT2D eigenvalue weighted by molar-refractivity contribution is -0.139. The first kappa shape index (κ1) is 21.5. The standard InChI is InChI=1S/C24H25N5O3S/c1-24(17-7-3-2-4-8-17)22(31)29(23(32)26-24)27-20(30)15-28-13-11-16(12-14-28)21-25-18-9-5-6-10-19(18)33-21/h2-10,16H,11-15H2,1H3,(H,26,32)(H,27,30). The molecule has 170 valence electrons. The highest BCUT2D eigenvalue weighted by molar-refractivity contribution is 7.18. The highest BCUT2D eigenvalue weighted by Gasteiger charge is 2.50. The number of hydrogen-bond donors (Lipinski definition) is 2. The second-order valence-electron chi connectivity index (χ2n) is 8.67. The fourth-order valence-electron chi connectivity index (χ4n) is 4.47. The number of likely N-dealkylation sites (tertiary alicyclic amines) is 1. The third-order valence-corrected chi connectivity index (χ3v) is 7.59. The molecule has 3 aromatic rings. The average molecular weight is 464 g/mol. The minimum absolute atomic E-state index is 0.131. The summed E-state index contributed by atoms with van der Waals surface area (Å²) in [6, 6.07) is 16.5. The van der Waals surface area contributed by atoms with E-state index in [1.165, 1.54) is 4.70 Å². The molecule has 0 radical (unpaired) electrons. The first-order valence-electron chi connectivity index (χ1n) is 11.0. The molecule has 2 saturated heterocycles. The summed E-state index contributed by atoms with van der Waals surface area (Å²) in [7, 11) is 0. The van der Waals surface area contributed by atoms with Crippen LogP contribution in [-0.2, 0) is 15.1 Å². The molecule has 5 rings (SSSR count). The van der Waals surface area contributed by atoms with Crippen molar-refractivity contribution in [3.8, 4) is 0 Å². The molecule has 2 fully saturated rings. The van der Waals surface area contributed by atoms with E-state index < -0.39 is 17.5 Å². The molecule has 1 unspecified atom stereocenters. The zero-order valence-electron chi connectivity index (χ0n) is 18.3. The summed E-state index contributed by atoms with van der Waals surface area (Å²) in [5.41, 5.74) is 2.99. The van der Waals surface area contributed by atoms with Crippen molar-refractivity contribution in [2.24, 2.45) is 0 Å². The second kappa shape index (κ2) is 8.57. The molecule has 1 atom stereocenters. The maximum absolute atomic E-state index is 12.9. The third kappa shape index (κ3) is 4.09. The van der Waals surface area contributed by atoms with Gasteiger partial charge in [-0.05, 0) is 50.6 Å². The molecule has 0 aliphatic carbocycles. The molecule has 2 aliphatic rings. The smallest absolute Gasteiger partial charge is 0.318 e. The molecule has 0 spiro atoms. The van der Waals surface area contributed by atoms with E-state index in [1.54, 1.807) is 42.5 Å². The molecular formula is C24H25N5O3S. The summed E-state index contributed by atoms with van der Waals surface area (Å²) in [6.07, 6.45) is 1.84. The van der Waals surface area contributed by atoms with Crippen LogP contribution in [-0.4, -0.2) is 52.4 Å². The van der Waals surface area contributed by atoms with Crippen molar-refractivity contribution in [3.63, 3.8) is 0 Å². The Bertz CT molecular complexity index is 1170. The maximum atomic E-state index is 12.9. The zero-order chi connectivity index (χ0) is 23.0. The maximum Gasteiger partial charge on any atom is 0.344 e. The number of piperidine rings is 1. The van der Waals surface area contributed by atoms with Crippen molar-refractivity contribution >= 4 is 39.4 Å². The number of carbonyl (C=O) groups is 3. The van der Waals surface area contributed by atoms with E-state index in [-0.39, 0.29) is 12.5 Å². The van der Waals surface area contributed by atoms with Crippen LogP contribution in [0.4, 0.5) is 4.79 Å². The number of hydrogen-bond acceptors (Lipinski definition) is 6. The Balaban J connectivity index is 1.16. The highest BCUT2D eigenvalue weighted by atomic mass is 32.1. The van der Waals surface area contributed by atoms with Gasteiger partial charge < -0.3 is 5.32 Å². The van der Waals surface area contributed by atoms with Gasteiger partial charge in [0.2, 0.25) is 0 Å². The molecule has 8 nitrogen and oxygen atoms in total. The van der Waals surface area contributed by atoms with Crippen LogP contribution in [0.3, 0.4) is 0 Å². The van der Waals surface area contributed by atoms with E-state index in [9.17, 15) is 14.4 Å². The van der Waals surface area contributed by atoms with Crippen LogP contribution in [0.1, 0.15) is 36.3 Å². The van der Waals surface area contributed by atoms with E-state index in [0.29, 0.717) is 11.5 Å². The van der Waals surface area contributed by atoms with Crippen molar-refractivity contribution in [3.05, 3.63) is 65.2 Å². The number of carbonyl (C=O) groups excluding carboxylic acids is 3. The molecule has 33 heavy (non-hydrogen) atoms. The van der Waals surface area contributed by atoms with Gasteiger partial charge in [0, 0.05) is 5.92 Å². The van der Waals surface area contributed by atoms with Gasteiger partial charge in [0.1, 0.15) is 5.54 Å². The number of hydrazine groups is 1. The van der Waals surface area contributed by atoms with E-state index >= 15 is 0 Å². The summed E-state index contributed by atoms with van der Waals surface area (Å²) < 4.78 is 1.20. The summed E-state index contributed by atoms with van der Waals surface area (Å²) >= 11 is 1.74. The fourth-order valence-corrected chi connectivity index (χ4v) is 5.61. The zero-order valence-corrected chi connectivity index (χ0v) is 19.1. The van der Waals surface area contributed by atoms with Gasteiger partial charge in [0.15, 0.2) is 0 Å². The minimum Gasteiger partial charge on any atom is -0.318 e. The number of nitrogens with one attached hydrogen (secondary N) is 2. The first-order valence-corrected chi connectivity index (χ1v) is 11.9. The van der Waals surface area contributed by atoms with Crippen LogP contribution in [0.25, 0.3) is 10.2 Å². The van der Waals surface area contributed by atoms with Gasteiger partial charge in [0.25, 0.3) is 11.8 Å². The quantitative estimate of drug-likeness (QED) is 0.568. The number of fused-ring (bicyclic) bond motifs is 1. The van der Waals surface area contributed by atoms with Crippen LogP contribution >= 0.6 is 11.3 Å². The summed E-state index contributed by atoms with van der Waals surface area (Å²) in [5.74, 6) is -0.491. The van der Waals surface area contributed by atoms with Crippen LogP contribution in [0.2, 0.25) is 0 Å². The molecule has 9 heteroatoms. The number of amides is 4. The van der Waals surface area contributed by atoms with Gasteiger partial charge in [-0.3, -0.25) is 19.9 Å². The van der Waals surface area contributed by atoms with Crippen LogP contribution < -0.4 is 10.7 Å². The minimum atomic E-state index is -1.21. The summed E-state index contributed by atoms with van der Waals surface area (Å²) in [6.45, 7) is 3.29. The second-order valence-corrected chi connectivity index (χ2v) is 9.73. The normalized spacial score (nSPS) is 22.0. The lowest BCUT2D eigenvalue weighted by Crippen LogP contribution is -2.51. The SMILES string of the molecule is CC1(c2ccccc2)NC(=O)N(NC(=O)CN2CCC(c3nc4ccccc4s3)CC2)C1=O.